The van der Waals surface area contributed by atoms with E-state index in [1.807, 2.05) is 48.5 Å². The van der Waals surface area contributed by atoms with Crippen LogP contribution in [0.25, 0.3) is 0 Å². The summed E-state index contributed by atoms with van der Waals surface area (Å²) in [5, 5.41) is 3.05. The molecule has 1 saturated heterocycles. The Morgan fingerprint density at radius 2 is 1.80 bits per heavy atom. The number of nitrogens with two attached hydrogens (primary N) is 1. The van der Waals surface area contributed by atoms with Crippen LogP contribution in [0.3, 0.4) is 0 Å². The largest absolute Gasteiger partial charge is 0.373 e. The van der Waals surface area contributed by atoms with Crippen LogP contribution in [-0.2, 0) is 15.1 Å². The van der Waals surface area contributed by atoms with Crippen molar-refractivity contribution in [2.45, 2.75) is 31.4 Å². The zero-order valence-corrected chi connectivity index (χ0v) is 14.7. The van der Waals surface area contributed by atoms with Crippen molar-refractivity contribution in [2.24, 2.45) is 11.7 Å². The maximum Gasteiger partial charge on any atom is 0.244 e. The summed E-state index contributed by atoms with van der Waals surface area (Å²) in [7, 11) is 0. The lowest BCUT2D eigenvalue weighted by Crippen LogP contribution is -2.50. The van der Waals surface area contributed by atoms with Gasteiger partial charge in [0.05, 0.1) is 6.10 Å². The van der Waals surface area contributed by atoms with E-state index in [1.165, 1.54) is 5.56 Å². The van der Waals surface area contributed by atoms with Gasteiger partial charge in [0.25, 0.3) is 0 Å². The minimum Gasteiger partial charge on any atom is -0.373 e. The van der Waals surface area contributed by atoms with E-state index in [1.54, 1.807) is 6.92 Å². The van der Waals surface area contributed by atoms with Crippen LogP contribution in [0.15, 0.2) is 60.7 Å². The van der Waals surface area contributed by atoms with Crippen LogP contribution >= 0.6 is 0 Å². The molecule has 3 rings (SSSR count). The third kappa shape index (κ3) is 4.09. The number of nitrogens with one attached hydrogen (secondary N) is 1. The minimum atomic E-state index is -1.04. The van der Waals surface area contributed by atoms with Gasteiger partial charge in [0.2, 0.25) is 5.91 Å². The maximum atomic E-state index is 12.7. The Labute approximate surface area is 149 Å². The molecule has 3 atom stereocenters. The van der Waals surface area contributed by atoms with Gasteiger partial charge in [0, 0.05) is 19.1 Å². The highest BCUT2D eigenvalue weighted by atomic mass is 16.5. The molecule has 0 saturated carbocycles. The highest BCUT2D eigenvalue weighted by molar-refractivity contribution is 5.86. The first-order valence-corrected chi connectivity index (χ1v) is 8.88. The molecular formula is C21H26N2O2. The lowest BCUT2D eigenvalue weighted by Gasteiger charge is -2.33. The summed E-state index contributed by atoms with van der Waals surface area (Å²) < 4.78 is 6.00. The summed E-state index contributed by atoms with van der Waals surface area (Å²) in [6, 6.07) is 19.7. The van der Waals surface area contributed by atoms with Gasteiger partial charge in [-0.1, -0.05) is 60.7 Å². The molecule has 132 valence electrons. The second-order valence-corrected chi connectivity index (χ2v) is 6.88. The summed E-state index contributed by atoms with van der Waals surface area (Å²) in [6.45, 7) is 3.09. The van der Waals surface area contributed by atoms with Crippen LogP contribution in [0.2, 0.25) is 0 Å². The number of rotatable bonds is 5. The lowest BCUT2D eigenvalue weighted by atomic mass is 9.88. The maximum absolute atomic E-state index is 12.7. The molecule has 0 aromatic heterocycles. The molecule has 3 N–H and O–H groups in total. The van der Waals surface area contributed by atoms with Gasteiger partial charge in [-0.05, 0) is 30.9 Å². The first kappa shape index (κ1) is 17.6. The first-order chi connectivity index (χ1) is 12.1. The van der Waals surface area contributed by atoms with E-state index in [2.05, 4.69) is 17.4 Å². The van der Waals surface area contributed by atoms with Crippen LogP contribution in [-0.4, -0.2) is 19.1 Å². The molecule has 0 aliphatic carbocycles. The fourth-order valence-corrected chi connectivity index (χ4v) is 3.39. The number of ether oxygens (including phenoxy) is 1. The topological polar surface area (TPSA) is 64.4 Å². The SMILES string of the molecule is CC(N)(C(=O)NCC1CCCOC1c1ccccc1)c1ccccc1. The Hall–Kier alpha value is -2.17. The summed E-state index contributed by atoms with van der Waals surface area (Å²) in [5.41, 5.74) is 7.24. The molecule has 2 aromatic rings. The second kappa shape index (κ2) is 7.81. The Morgan fingerprint density at radius 1 is 1.16 bits per heavy atom. The average Bonchev–Trinajstić information content (AvgIpc) is 2.67. The predicted molar refractivity (Wildman–Crippen MR) is 98.9 cm³/mol. The zero-order chi connectivity index (χ0) is 17.7. The van der Waals surface area contributed by atoms with Gasteiger partial charge >= 0.3 is 0 Å². The predicted octanol–water partition coefficient (Wildman–Crippen LogP) is 3.14. The molecule has 1 amide bonds. The fraction of sp³-hybridized carbons (Fsp3) is 0.381. The van der Waals surface area contributed by atoms with E-state index in [0.717, 1.165) is 25.0 Å². The number of hydrogen-bond acceptors (Lipinski definition) is 3. The molecule has 25 heavy (non-hydrogen) atoms. The molecule has 0 spiro atoms. The van der Waals surface area contributed by atoms with Crippen molar-refractivity contribution in [1.82, 2.24) is 5.32 Å². The van der Waals surface area contributed by atoms with Crippen molar-refractivity contribution < 1.29 is 9.53 Å². The molecule has 3 unspecified atom stereocenters. The van der Waals surface area contributed by atoms with Crippen LogP contribution < -0.4 is 11.1 Å². The van der Waals surface area contributed by atoms with E-state index in [-0.39, 0.29) is 17.9 Å². The molecular weight excluding hydrogens is 312 g/mol. The number of carbonyl (C=O) groups excluding carboxylic acids is 1. The summed E-state index contributed by atoms with van der Waals surface area (Å²) in [6.07, 6.45) is 2.07. The lowest BCUT2D eigenvalue weighted by molar-refractivity contribution is -0.126. The number of hydrogen-bond donors (Lipinski definition) is 2. The molecule has 0 radical (unpaired) electrons. The number of amides is 1. The molecule has 4 nitrogen and oxygen atoms in total. The quantitative estimate of drug-likeness (QED) is 0.880. The van der Waals surface area contributed by atoms with Gasteiger partial charge in [0.15, 0.2) is 0 Å². The van der Waals surface area contributed by atoms with E-state index in [0.29, 0.717) is 6.54 Å². The van der Waals surface area contributed by atoms with E-state index in [4.69, 9.17) is 10.5 Å². The van der Waals surface area contributed by atoms with Crippen LogP contribution in [0.1, 0.15) is 37.0 Å². The summed E-state index contributed by atoms with van der Waals surface area (Å²) >= 11 is 0. The van der Waals surface area contributed by atoms with E-state index >= 15 is 0 Å². The summed E-state index contributed by atoms with van der Waals surface area (Å²) in [5.74, 6) is 0.0998. The van der Waals surface area contributed by atoms with Crippen molar-refractivity contribution in [2.75, 3.05) is 13.2 Å². The third-order valence-corrected chi connectivity index (χ3v) is 4.94. The normalized spacial score (nSPS) is 22.8. The minimum absolute atomic E-state index is 0.0241. The Kier molecular flexibility index (Phi) is 5.51. The molecule has 1 fully saturated rings. The van der Waals surface area contributed by atoms with Crippen molar-refractivity contribution in [1.29, 1.82) is 0 Å². The van der Waals surface area contributed by atoms with Crippen molar-refractivity contribution in [3.05, 3.63) is 71.8 Å². The zero-order valence-electron chi connectivity index (χ0n) is 14.7. The molecule has 4 heteroatoms. The van der Waals surface area contributed by atoms with Crippen LogP contribution in [0.4, 0.5) is 0 Å². The Bertz CT molecular complexity index is 686. The van der Waals surface area contributed by atoms with E-state index < -0.39 is 5.54 Å². The van der Waals surface area contributed by atoms with Crippen LogP contribution in [0, 0.1) is 5.92 Å². The molecule has 0 bridgehead atoms. The van der Waals surface area contributed by atoms with Crippen LogP contribution in [0.5, 0.6) is 0 Å². The summed E-state index contributed by atoms with van der Waals surface area (Å²) in [4.78, 5) is 12.7. The van der Waals surface area contributed by atoms with Gasteiger partial charge < -0.3 is 15.8 Å². The monoisotopic (exact) mass is 338 g/mol. The smallest absolute Gasteiger partial charge is 0.244 e. The van der Waals surface area contributed by atoms with Crippen molar-refractivity contribution in [3.63, 3.8) is 0 Å². The second-order valence-electron chi connectivity index (χ2n) is 6.88. The number of carbonyl (C=O) groups is 1. The Balaban J connectivity index is 1.66. The Morgan fingerprint density at radius 3 is 2.48 bits per heavy atom. The molecule has 1 heterocycles. The van der Waals surface area contributed by atoms with Gasteiger partial charge in [-0.15, -0.1) is 0 Å². The molecule has 2 aromatic carbocycles. The highest BCUT2D eigenvalue weighted by Crippen LogP contribution is 2.33. The highest BCUT2D eigenvalue weighted by Gasteiger charge is 2.33. The standard InChI is InChI=1S/C21H26N2O2/c1-21(22,18-12-6-3-7-13-18)20(24)23-15-17-11-8-14-25-19(17)16-9-4-2-5-10-16/h2-7,9-10,12-13,17,19H,8,11,14-15,22H2,1H3,(H,23,24). The fourth-order valence-electron chi connectivity index (χ4n) is 3.39. The van der Waals surface area contributed by atoms with Crippen molar-refractivity contribution >= 4 is 5.91 Å². The van der Waals surface area contributed by atoms with Gasteiger partial charge in [0.1, 0.15) is 5.54 Å². The number of benzene rings is 2. The molecule has 1 aliphatic heterocycles. The molecule has 1 aliphatic rings. The van der Waals surface area contributed by atoms with Crippen molar-refractivity contribution in [3.8, 4) is 0 Å². The average molecular weight is 338 g/mol. The third-order valence-electron chi connectivity index (χ3n) is 4.94. The van der Waals surface area contributed by atoms with Gasteiger partial charge in [-0.25, -0.2) is 0 Å². The van der Waals surface area contributed by atoms with Gasteiger partial charge in [-0.3, -0.25) is 4.79 Å². The van der Waals surface area contributed by atoms with E-state index in [9.17, 15) is 4.79 Å². The van der Waals surface area contributed by atoms with Gasteiger partial charge in [-0.2, -0.15) is 0 Å². The first-order valence-electron chi connectivity index (χ1n) is 8.88.